The van der Waals surface area contributed by atoms with Gasteiger partial charge in [0.05, 0.1) is 0 Å². The van der Waals surface area contributed by atoms with Gasteiger partial charge in [-0.1, -0.05) is 58.0 Å². The van der Waals surface area contributed by atoms with Crippen LogP contribution in [0.3, 0.4) is 0 Å². The van der Waals surface area contributed by atoms with Crippen molar-refractivity contribution in [2.45, 2.75) is 77.6 Å². The first-order valence-corrected chi connectivity index (χ1v) is 14.7. The minimum Gasteiger partial charge on any atom is -0.385 e. The van der Waals surface area contributed by atoms with Crippen molar-refractivity contribution < 1.29 is 0 Å². The molecule has 4 N–H and O–H groups in total. The molecule has 1 saturated carbocycles. The highest BCUT2D eigenvalue weighted by Gasteiger charge is 2.45. The zero-order valence-electron chi connectivity index (χ0n) is 23.7. The van der Waals surface area contributed by atoms with Gasteiger partial charge in [0.2, 0.25) is 0 Å². The molecule has 2 unspecified atom stereocenters. The van der Waals surface area contributed by atoms with E-state index in [4.69, 9.17) is 9.97 Å². The highest BCUT2D eigenvalue weighted by molar-refractivity contribution is 5.57. The molecule has 0 amide bonds. The Morgan fingerprint density at radius 3 is 1.50 bits per heavy atom. The van der Waals surface area contributed by atoms with Crippen LogP contribution in [0.25, 0.3) is 0 Å². The van der Waals surface area contributed by atoms with Crippen LogP contribution in [0.5, 0.6) is 0 Å². The molecule has 6 heteroatoms. The smallest absolute Gasteiger partial charge is 0.128 e. The molecular weight excluding hydrogens is 468 g/mol. The summed E-state index contributed by atoms with van der Waals surface area (Å²) in [6.07, 6.45) is 5.37. The molecule has 2 heterocycles. The maximum atomic E-state index is 5.12. The number of anilines is 4. The monoisotopic (exact) mass is 514 g/mol. The molecule has 1 fully saturated rings. The summed E-state index contributed by atoms with van der Waals surface area (Å²) in [5.41, 5.74) is 6.00. The predicted molar refractivity (Wildman–Crippen MR) is 163 cm³/mol. The third kappa shape index (κ3) is 6.97. The Labute approximate surface area is 229 Å². The molecular formula is C32H46N6. The molecule has 1 aromatic carbocycles. The Morgan fingerprint density at radius 2 is 1.05 bits per heavy atom. The van der Waals surface area contributed by atoms with Gasteiger partial charge in [-0.2, -0.15) is 0 Å². The van der Waals surface area contributed by atoms with E-state index in [1.807, 2.05) is 0 Å². The van der Waals surface area contributed by atoms with E-state index in [1.54, 1.807) is 0 Å². The quantitative estimate of drug-likeness (QED) is 0.166. The molecule has 1 aliphatic carbocycles. The maximum Gasteiger partial charge on any atom is 0.128 e. The van der Waals surface area contributed by atoms with Crippen LogP contribution in [0.1, 0.15) is 94.5 Å². The lowest BCUT2D eigenvalue weighted by Crippen LogP contribution is -2.33. The molecule has 0 bridgehead atoms. The standard InChI is InChI=1S/C32H46N6/c1-5-14-33-24-18-28(37-30(20-24)35-16-7-3)26-22-27(32(26)23-12-10-9-11-13-23)29-19-25(34-15-6-2)21-31(38-29)36-17-8-4/h9-13,18-21,26-27,32H,5-8,14-17,22H2,1-4H3,(H2,33,35,37)(H2,34,36,38). The molecule has 204 valence electrons. The highest BCUT2D eigenvalue weighted by atomic mass is 15.0. The summed E-state index contributed by atoms with van der Waals surface area (Å²) in [7, 11) is 0. The van der Waals surface area contributed by atoms with Crippen molar-refractivity contribution in [3.05, 3.63) is 71.5 Å². The van der Waals surface area contributed by atoms with Gasteiger partial charge in [0.25, 0.3) is 0 Å². The van der Waals surface area contributed by atoms with Gasteiger partial charge in [-0.15, -0.1) is 0 Å². The molecule has 4 rings (SSSR count). The van der Waals surface area contributed by atoms with Crippen molar-refractivity contribution in [2.24, 2.45) is 0 Å². The van der Waals surface area contributed by atoms with E-state index in [0.29, 0.717) is 17.8 Å². The summed E-state index contributed by atoms with van der Waals surface area (Å²) in [5.74, 6) is 2.95. The van der Waals surface area contributed by atoms with Crippen LogP contribution in [0.2, 0.25) is 0 Å². The molecule has 6 nitrogen and oxygen atoms in total. The summed E-state index contributed by atoms with van der Waals surface area (Å²) >= 11 is 0. The molecule has 1 aliphatic rings. The van der Waals surface area contributed by atoms with Crippen molar-refractivity contribution in [1.29, 1.82) is 0 Å². The Balaban J connectivity index is 1.69. The van der Waals surface area contributed by atoms with E-state index in [-0.39, 0.29) is 0 Å². The molecule has 0 spiro atoms. The Hall–Kier alpha value is -3.28. The van der Waals surface area contributed by atoms with Gasteiger partial charge < -0.3 is 21.3 Å². The van der Waals surface area contributed by atoms with Gasteiger partial charge in [-0.05, 0) is 49.8 Å². The average Bonchev–Trinajstić information content (AvgIpc) is 2.92. The lowest BCUT2D eigenvalue weighted by atomic mass is 9.59. The highest BCUT2D eigenvalue weighted by Crippen LogP contribution is 2.58. The van der Waals surface area contributed by atoms with Crippen molar-refractivity contribution in [3.63, 3.8) is 0 Å². The normalized spacial score (nSPS) is 18.5. The number of benzene rings is 1. The number of hydrogen-bond acceptors (Lipinski definition) is 6. The van der Waals surface area contributed by atoms with Crippen molar-refractivity contribution in [2.75, 3.05) is 47.4 Å². The van der Waals surface area contributed by atoms with Gasteiger partial charge in [-0.3, -0.25) is 0 Å². The molecule has 2 aromatic heterocycles. The van der Waals surface area contributed by atoms with Gasteiger partial charge in [-0.25, -0.2) is 9.97 Å². The van der Waals surface area contributed by atoms with E-state index in [9.17, 15) is 0 Å². The second-order valence-corrected chi connectivity index (χ2v) is 10.4. The number of nitrogens with one attached hydrogen (secondary N) is 4. The minimum absolute atomic E-state index is 0.331. The van der Waals surface area contributed by atoms with Crippen molar-refractivity contribution in [1.82, 2.24) is 9.97 Å². The first kappa shape index (κ1) is 27.7. The second kappa shape index (κ2) is 14.0. The molecule has 38 heavy (non-hydrogen) atoms. The molecule has 3 aromatic rings. The topological polar surface area (TPSA) is 73.9 Å². The third-order valence-corrected chi connectivity index (χ3v) is 7.28. The fraction of sp³-hybridized carbons (Fsp3) is 0.500. The van der Waals surface area contributed by atoms with Gasteiger partial charge >= 0.3 is 0 Å². The average molecular weight is 515 g/mol. The summed E-state index contributed by atoms with van der Waals surface area (Å²) in [6.45, 7) is 12.6. The van der Waals surface area contributed by atoms with Gasteiger partial charge in [0, 0.05) is 78.8 Å². The number of aromatic nitrogens is 2. The van der Waals surface area contributed by atoms with Crippen LogP contribution in [0.15, 0.2) is 54.6 Å². The van der Waals surface area contributed by atoms with E-state index < -0.39 is 0 Å². The van der Waals surface area contributed by atoms with E-state index >= 15 is 0 Å². The Kier molecular flexibility index (Phi) is 10.2. The Bertz CT molecular complexity index is 1010. The largest absolute Gasteiger partial charge is 0.385 e. The second-order valence-electron chi connectivity index (χ2n) is 10.4. The summed E-state index contributed by atoms with van der Waals surface area (Å²) < 4.78 is 0. The maximum absolute atomic E-state index is 5.12. The summed E-state index contributed by atoms with van der Waals surface area (Å²) in [5, 5.41) is 14.2. The van der Waals surface area contributed by atoms with Crippen LogP contribution >= 0.6 is 0 Å². The molecule has 0 radical (unpaired) electrons. The SMILES string of the molecule is CCCNc1cc(NCCC)nc(C2CC(c3cc(NCCC)cc(NCCC)n3)C2c2ccccc2)c1. The Morgan fingerprint density at radius 1 is 0.605 bits per heavy atom. The van der Waals surface area contributed by atoms with Gasteiger partial charge in [0.15, 0.2) is 0 Å². The fourth-order valence-corrected chi connectivity index (χ4v) is 5.31. The van der Waals surface area contributed by atoms with E-state index in [2.05, 4.69) is 104 Å². The third-order valence-electron chi connectivity index (χ3n) is 7.28. The summed E-state index contributed by atoms with van der Waals surface area (Å²) in [6, 6.07) is 19.8. The summed E-state index contributed by atoms with van der Waals surface area (Å²) in [4.78, 5) is 10.2. The van der Waals surface area contributed by atoms with E-state index in [0.717, 1.165) is 81.3 Å². The zero-order valence-corrected chi connectivity index (χ0v) is 23.7. The number of pyridine rings is 2. The van der Waals surface area contributed by atoms with Crippen molar-refractivity contribution in [3.8, 4) is 0 Å². The van der Waals surface area contributed by atoms with Gasteiger partial charge in [0.1, 0.15) is 11.6 Å². The zero-order chi connectivity index (χ0) is 26.7. The molecule has 0 aliphatic heterocycles. The number of rotatable bonds is 15. The molecule has 2 atom stereocenters. The van der Waals surface area contributed by atoms with Crippen molar-refractivity contribution >= 4 is 23.0 Å². The van der Waals surface area contributed by atoms with Crippen LogP contribution in [-0.2, 0) is 0 Å². The van der Waals surface area contributed by atoms with Crippen LogP contribution in [0, 0.1) is 0 Å². The van der Waals surface area contributed by atoms with Crippen LogP contribution in [-0.4, -0.2) is 36.1 Å². The predicted octanol–water partition coefficient (Wildman–Crippen LogP) is 7.82. The lowest BCUT2D eigenvalue weighted by molar-refractivity contribution is 0.275. The lowest BCUT2D eigenvalue weighted by Gasteiger charge is -2.45. The first-order chi connectivity index (χ1) is 18.7. The molecule has 0 saturated heterocycles. The van der Waals surface area contributed by atoms with Crippen LogP contribution in [0.4, 0.5) is 23.0 Å². The fourth-order valence-electron chi connectivity index (χ4n) is 5.31. The number of hydrogen-bond donors (Lipinski definition) is 4. The minimum atomic E-state index is 0.331. The van der Waals surface area contributed by atoms with E-state index in [1.165, 1.54) is 17.0 Å². The number of nitrogens with zero attached hydrogens (tertiary/aromatic N) is 2. The first-order valence-electron chi connectivity index (χ1n) is 14.7. The van der Waals surface area contributed by atoms with Crippen LogP contribution < -0.4 is 21.3 Å².